The van der Waals surface area contributed by atoms with Crippen molar-refractivity contribution >= 4 is 34.3 Å². The molecule has 4 rings (SSSR count). The van der Waals surface area contributed by atoms with Gasteiger partial charge in [-0.2, -0.15) is 0 Å². The summed E-state index contributed by atoms with van der Waals surface area (Å²) in [7, 11) is 0. The van der Waals surface area contributed by atoms with Gasteiger partial charge in [-0.15, -0.1) is 11.8 Å². The minimum atomic E-state index is 0.673. The molecule has 2 heterocycles. The molecule has 0 saturated carbocycles. The van der Waals surface area contributed by atoms with Gasteiger partial charge in [0.15, 0.2) is 0 Å². The van der Waals surface area contributed by atoms with E-state index in [9.17, 15) is 0 Å². The second-order valence-electron chi connectivity index (χ2n) is 7.49. The number of aromatic amines is 1. The molecule has 0 amide bonds. The Hall–Kier alpha value is -1.42. The summed E-state index contributed by atoms with van der Waals surface area (Å²) in [6.07, 6.45) is 10.5. The number of fused-ring (bicyclic) bond motifs is 1. The van der Waals surface area contributed by atoms with Gasteiger partial charge in [-0.1, -0.05) is 23.7 Å². The third kappa shape index (κ3) is 4.53. The molecule has 1 N–H and O–H groups in total. The fourth-order valence-corrected chi connectivity index (χ4v) is 4.83. The molecule has 1 unspecified atom stereocenters. The summed E-state index contributed by atoms with van der Waals surface area (Å²) in [5.41, 5.74) is 4.11. The number of nitrogens with zero attached hydrogens (tertiary/aromatic N) is 1. The number of thioether (sulfide) groups is 1. The molecule has 0 aliphatic carbocycles. The van der Waals surface area contributed by atoms with E-state index in [1.807, 2.05) is 23.9 Å². The first-order valence-corrected chi connectivity index (χ1v) is 11.5. The molecule has 4 heteroatoms. The minimum absolute atomic E-state index is 0.673. The van der Waals surface area contributed by atoms with Crippen molar-refractivity contribution in [3.05, 3.63) is 64.8 Å². The van der Waals surface area contributed by atoms with E-state index in [0.29, 0.717) is 6.04 Å². The van der Waals surface area contributed by atoms with Crippen LogP contribution < -0.4 is 0 Å². The van der Waals surface area contributed by atoms with E-state index >= 15 is 0 Å². The van der Waals surface area contributed by atoms with Crippen LogP contribution in [-0.2, 0) is 12.8 Å². The zero-order chi connectivity index (χ0) is 18.6. The lowest BCUT2D eigenvalue weighted by molar-refractivity contribution is 0.250. The average molecular weight is 399 g/mol. The number of benzene rings is 2. The Balaban J connectivity index is 1.37. The first-order valence-electron chi connectivity index (χ1n) is 9.85. The first kappa shape index (κ1) is 18.9. The molecule has 3 aromatic rings. The van der Waals surface area contributed by atoms with Gasteiger partial charge in [0.2, 0.25) is 0 Å². The van der Waals surface area contributed by atoms with Crippen molar-refractivity contribution < 1.29 is 0 Å². The van der Waals surface area contributed by atoms with Crippen LogP contribution >= 0.6 is 23.4 Å². The van der Waals surface area contributed by atoms with Gasteiger partial charge in [0.05, 0.1) is 0 Å². The van der Waals surface area contributed by atoms with E-state index in [0.717, 1.165) is 17.9 Å². The third-order valence-electron chi connectivity index (χ3n) is 5.75. The van der Waals surface area contributed by atoms with Crippen LogP contribution in [-0.4, -0.2) is 35.3 Å². The van der Waals surface area contributed by atoms with E-state index in [4.69, 9.17) is 11.6 Å². The fraction of sp³-hybridized carbons (Fsp3) is 0.391. The number of hydrogen-bond donors (Lipinski definition) is 1. The molecular formula is C23H27ClN2S. The summed E-state index contributed by atoms with van der Waals surface area (Å²) in [5.74, 6) is 0. The molecule has 1 saturated heterocycles. The van der Waals surface area contributed by atoms with E-state index in [-0.39, 0.29) is 0 Å². The fourth-order valence-electron chi connectivity index (χ4n) is 4.27. The smallest absolute Gasteiger partial charge is 0.0457 e. The molecule has 2 aromatic carbocycles. The predicted molar refractivity (Wildman–Crippen MR) is 118 cm³/mol. The summed E-state index contributed by atoms with van der Waals surface area (Å²) < 4.78 is 0. The predicted octanol–water partition coefficient (Wildman–Crippen LogP) is 6.18. The van der Waals surface area contributed by atoms with Crippen molar-refractivity contribution in [3.63, 3.8) is 0 Å². The van der Waals surface area contributed by atoms with Crippen molar-refractivity contribution in [2.75, 3.05) is 19.3 Å². The lowest BCUT2D eigenvalue weighted by atomic mass is 10.0. The van der Waals surface area contributed by atoms with Gasteiger partial charge in [-0.25, -0.2) is 0 Å². The Kier molecular flexibility index (Phi) is 6.11. The van der Waals surface area contributed by atoms with Crippen LogP contribution in [0.2, 0.25) is 5.02 Å². The van der Waals surface area contributed by atoms with Crippen LogP contribution in [0.15, 0.2) is 53.6 Å². The maximum Gasteiger partial charge on any atom is 0.0457 e. The molecule has 0 radical (unpaired) electrons. The minimum Gasteiger partial charge on any atom is -0.361 e. The number of aromatic nitrogens is 1. The molecule has 1 atom stereocenters. The molecule has 2 nitrogen and oxygen atoms in total. The largest absolute Gasteiger partial charge is 0.361 e. The van der Waals surface area contributed by atoms with Crippen LogP contribution in [0.25, 0.3) is 10.9 Å². The Labute approximate surface area is 171 Å². The standard InChI is InChI=1S/C23H27ClN2S/c1-27-21-10-11-23-22(15-21)18(16-25-23)14-20-5-3-13-26(20)12-2-4-17-6-8-19(24)9-7-17/h6-11,15-16,20,25H,2-5,12-14H2,1H3. The summed E-state index contributed by atoms with van der Waals surface area (Å²) in [5, 5.41) is 2.22. The highest BCUT2D eigenvalue weighted by Gasteiger charge is 2.25. The zero-order valence-corrected chi connectivity index (χ0v) is 17.5. The van der Waals surface area contributed by atoms with Gasteiger partial charge in [0.1, 0.15) is 0 Å². The van der Waals surface area contributed by atoms with E-state index in [1.165, 1.54) is 59.3 Å². The Morgan fingerprint density at radius 3 is 2.85 bits per heavy atom. The van der Waals surface area contributed by atoms with Crippen molar-refractivity contribution in [1.29, 1.82) is 0 Å². The molecule has 142 valence electrons. The van der Waals surface area contributed by atoms with Crippen LogP contribution in [0.4, 0.5) is 0 Å². The molecule has 1 aliphatic heterocycles. The van der Waals surface area contributed by atoms with Gasteiger partial charge in [-0.3, -0.25) is 0 Å². The lowest BCUT2D eigenvalue weighted by Gasteiger charge is -2.24. The summed E-state index contributed by atoms with van der Waals surface area (Å²) in [6, 6.07) is 15.7. The van der Waals surface area contributed by atoms with Crippen LogP contribution in [0.3, 0.4) is 0 Å². The lowest BCUT2D eigenvalue weighted by Crippen LogP contribution is -2.32. The van der Waals surface area contributed by atoms with Crippen LogP contribution in [0, 0.1) is 0 Å². The number of hydrogen-bond acceptors (Lipinski definition) is 2. The molecular weight excluding hydrogens is 372 g/mol. The van der Waals surface area contributed by atoms with Crippen LogP contribution in [0.1, 0.15) is 30.4 Å². The van der Waals surface area contributed by atoms with Gasteiger partial charge in [0.25, 0.3) is 0 Å². The molecule has 27 heavy (non-hydrogen) atoms. The van der Waals surface area contributed by atoms with E-state index < -0.39 is 0 Å². The summed E-state index contributed by atoms with van der Waals surface area (Å²) in [6.45, 7) is 2.43. The average Bonchev–Trinajstić information content (AvgIpc) is 3.30. The van der Waals surface area contributed by atoms with Crippen molar-refractivity contribution in [1.82, 2.24) is 9.88 Å². The molecule has 0 spiro atoms. The molecule has 0 bridgehead atoms. The molecule has 1 aromatic heterocycles. The monoisotopic (exact) mass is 398 g/mol. The van der Waals surface area contributed by atoms with Gasteiger partial charge < -0.3 is 9.88 Å². The van der Waals surface area contributed by atoms with Gasteiger partial charge in [-0.05, 0) is 92.9 Å². The Bertz CT molecular complexity index is 887. The number of H-pyrrole nitrogens is 1. The Morgan fingerprint density at radius 1 is 1.19 bits per heavy atom. The number of halogens is 1. The number of aryl methyl sites for hydroxylation is 1. The molecule has 1 fully saturated rings. The van der Waals surface area contributed by atoms with Gasteiger partial charge >= 0.3 is 0 Å². The van der Waals surface area contributed by atoms with Crippen molar-refractivity contribution in [2.24, 2.45) is 0 Å². The SMILES string of the molecule is CSc1ccc2[nH]cc(CC3CCCN3CCCc3ccc(Cl)cc3)c2c1. The van der Waals surface area contributed by atoms with Crippen molar-refractivity contribution in [3.8, 4) is 0 Å². The first-order chi connectivity index (χ1) is 13.2. The maximum atomic E-state index is 5.98. The zero-order valence-electron chi connectivity index (χ0n) is 15.9. The highest BCUT2D eigenvalue weighted by Crippen LogP contribution is 2.28. The third-order valence-corrected chi connectivity index (χ3v) is 6.73. The second-order valence-corrected chi connectivity index (χ2v) is 8.81. The molecule has 1 aliphatic rings. The normalized spacial score (nSPS) is 17.8. The second kappa shape index (κ2) is 8.72. The number of likely N-dealkylation sites (tertiary alicyclic amines) is 1. The van der Waals surface area contributed by atoms with E-state index in [1.54, 1.807) is 0 Å². The topological polar surface area (TPSA) is 19.0 Å². The summed E-state index contributed by atoms with van der Waals surface area (Å²) >= 11 is 7.80. The quantitative estimate of drug-likeness (QED) is 0.479. The van der Waals surface area contributed by atoms with Crippen molar-refractivity contribution in [2.45, 2.75) is 43.0 Å². The summed E-state index contributed by atoms with van der Waals surface area (Å²) in [4.78, 5) is 7.50. The van der Waals surface area contributed by atoms with E-state index in [2.05, 4.69) is 52.7 Å². The number of nitrogens with one attached hydrogen (secondary N) is 1. The maximum absolute atomic E-state index is 5.98. The van der Waals surface area contributed by atoms with Gasteiger partial charge in [0, 0.05) is 33.1 Å². The Morgan fingerprint density at radius 2 is 2.04 bits per heavy atom. The highest BCUT2D eigenvalue weighted by molar-refractivity contribution is 7.98. The number of rotatable bonds is 7. The highest BCUT2D eigenvalue weighted by atomic mass is 35.5. The van der Waals surface area contributed by atoms with Crippen LogP contribution in [0.5, 0.6) is 0 Å².